The third-order valence-electron chi connectivity index (χ3n) is 6.48. The Bertz CT molecular complexity index is 1130. The number of carbonyl (C=O) groups excluding carboxylic acids is 2. The van der Waals surface area contributed by atoms with Gasteiger partial charge in [-0.15, -0.1) is 0 Å². The van der Waals surface area contributed by atoms with Gasteiger partial charge in [-0.1, -0.05) is 19.9 Å². The molecule has 4 rings (SSSR count). The Balaban J connectivity index is 1.32. The van der Waals surface area contributed by atoms with Crippen molar-refractivity contribution < 1.29 is 18.0 Å². The molecule has 2 aromatic carbocycles. The summed E-state index contributed by atoms with van der Waals surface area (Å²) in [7, 11) is -3.55. The molecule has 1 saturated heterocycles. The van der Waals surface area contributed by atoms with Crippen molar-refractivity contribution in [3.63, 3.8) is 0 Å². The van der Waals surface area contributed by atoms with Crippen LogP contribution in [-0.4, -0.2) is 37.6 Å². The summed E-state index contributed by atoms with van der Waals surface area (Å²) in [6, 6.07) is 12.5. The zero-order valence-electron chi connectivity index (χ0n) is 19.1. The number of carbonyl (C=O) groups is 2. The fraction of sp³-hybridized carbons (Fsp3) is 0.440. The Labute approximate surface area is 195 Å². The van der Waals surface area contributed by atoms with Crippen LogP contribution in [0.3, 0.4) is 0 Å². The molecule has 0 bridgehead atoms. The topological polar surface area (TPSA) is 95.6 Å². The summed E-state index contributed by atoms with van der Waals surface area (Å²) < 4.78 is 27.7. The SMILES string of the molecule is CC(C)C(=O)Nc1ccc(NC(=O)C2CCN(S(=O)(=O)c3ccc4c(c3)CCC4)CC2)cc1. The third kappa shape index (κ3) is 5.28. The summed E-state index contributed by atoms with van der Waals surface area (Å²) in [5, 5.41) is 5.73. The maximum atomic E-state index is 13.1. The lowest BCUT2D eigenvalue weighted by Crippen LogP contribution is -2.41. The quantitative estimate of drug-likeness (QED) is 0.673. The molecule has 1 aliphatic heterocycles. The number of piperidine rings is 1. The van der Waals surface area contributed by atoms with Gasteiger partial charge in [0, 0.05) is 36.3 Å². The largest absolute Gasteiger partial charge is 0.326 e. The Morgan fingerprint density at radius 2 is 1.52 bits per heavy atom. The molecule has 2 aromatic rings. The Morgan fingerprint density at radius 1 is 0.909 bits per heavy atom. The molecule has 1 aliphatic carbocycles. The lowest BCUT2D eigenvalue weighted by Gasteiger charge is -2.30. The Hall–Kier alpha value is -2.71. The van der Waals surface area contributed by atoms with Gasteiger partial charge in [0.1, 0.15) is 0 Å². The molecule has 2 N–H and O–H groups in total. The highest BCUT2D eigenvalue weighted by molar-refractivity contribution is 7.89. The van der Waals surface area contributed by atoms with E-state index >= 15 is 0 Å². The third-order valence-corrected chi connectivity index (χ3v) is 8.37. The number of sulfonamides is 1. The van der Waals surface area contributed by atoms with Gasteiger partial charge in [0.05, 0.1) is 4.90 Å². The zero-order chi connectivity index (χ0) is 23.6. The number of rotatable bonds is 6. The van der Waals surface area contributed by atoms with Crippen LogP contribution < -0.4 is 10.6 Å². The van der Waals surface area contributed by atoms with Crippen LogP contribution >= 0.6 is 0 Å². The van der Waals surface area contributed by atoms with Crippen molar-refractivity contribution in [3.8, 4) is 0 Å². The molecular weight excluding hydrogens is 438 g/mol. The lowest BCUT2D eigenvalue weighted by molar-refractivity contribution is -0.121. The summed E-state index contributed by atoms with van der Waals surface area (Å²) in [5.41, 5.74) is 3.72. The summed E-state index contributed by atoms with van der Waals surface area (Å²) in [6.07, 6.45) is 4.00. The number of hydrogen-bond donors (Lipinski definition) is 2. The van der Waals surface area contributed by atoms with Crippen molar-refractivity contribution in [2.24, 2.45) is 11.8 Å². The minimum Gasteiger partial charge on any atom is -0.326 e. The van der Waals surface area contributed by atoms with E-state index < -0.39 is 10.0 Å². The Morgan fingerprint density at radius 3 is 2.15 bits per heavy atom. The molecule has 1 heterocycles. The summed E-state index contributed by atoms with van der Waals surface area (Å²) in [5.74, 6) is -0.518. The monoisotopic (exact) mass is 469 g/mol. The molecule has 8 heteroatoms. The number of nitrogens with one attached hydrogen (secondary N) is 2. The van der Waals surface area contributed by atoms with Crippen LogP contribution in [0.4, 0.5) is 11.4 Å². The maximum absolute atomic E-state index is 13.1. The first kappa shape index (κ1) is 23.4. The standard InChI is InChI=1S/C25H31N3O4S/c1-17(2)24(29)26-21-7-9-22(10-8-21)27-25(30)19-12-14-28(15-13-19)33(31,32)23-11-6-18-4-3-5-20(18)16-23/h6-11,16-17,19H,3-5,12-15H2,1-2H3,(H,26,29)(H,27,30). The molecular formula is C25H31N3O4S. The predicted molar refractivity (Wildman–Crippen MR) is 128 cm³/mol. The minimum absolute atomic E-state index is 0.0617. The first-order chi connectivity index (χ1) is 15.7. The second kappa shape index (κ2) is 9.65. The van der Waals surface area contributed by atoms with Crippen LogP contribution in [0, 0.1) is 11.8 Å². The molecule has 2 aliphatic rings. The molecule has 0 radical (unpaired) electrons. The van der Waals surface area contributed by atoms with Gasteiger partial charge < -0.3 is 10.6 Å². The molecule has 33 heavy (non-hydrogen) atoms. The van der Waals surface area contributed by atoms with Crippen LogP contribution in [0.15, 0.2) is 47.4 Å². The van der Waals surface area contributed by atoms with Crippen LogP contribution in [0.1, 0.15) is 44.2 Å². The average Bonchev–Trinajstić information content (AvgIpc) is 3.28. The van der Waals surface area contributed by atoms with E-state index in [4.69, 9.17) is 0 Å². The van der Waals surface area contributed by atoms with Gasteiger partial charge in [-0.05, 0) is 79.6 Å². The fourth-order valence-electron chi connectivity index (χ4n) is 4.38. The average molecular weight is 470 g/mol. The highest BCUT2D eigenvalue weighted by Crippen LogP contribution is 2.29. The van der Waals surface area contributed by atoms with E-state index in [1.54, 1.807) is 30.3 Å². The first-order valence-corrected chi connectivity index (χ1v) is 13.0. The van der Waals surface area contributed by atoms with Gasteiger partial charge in [-0.2, -0.15) is 4.31 Å². The van der Waals surface area contributed by atoms with Gasteiger partial charge in [-0.3, -0.25) is 9.59 Å². The molecule has 176 valence electrons. The molecule has 0 aromatic heterocycles. The summed E-state index contributed by atoms with van der Waals surface area (Å²) in [6.45, 7) is 4.31. The normalized spacial score (nSPS) is 17.1. The zero-order valence-corrected chi connectivity index (χ0v) is 20.0. The van der Waals surface area contributed by atoms with Gasteiger partial charge >= 0.3 is 0 Å². The van der Waals surface area contributed by atoms with E-state index in [0.29, 0.717) is 42.2 Å². The molecule has 2 amide bonds. The van der Waals surface area contributed by atoms with Gasteiger partial charge in [0.25, 0.3) is 0 Å². The number of benzene rings is 2. The predicted octanol–water partition coefficient (Wildman–Crippen LogP) is 3.81. The Kier molecular flexibility index (Phi) is 6.86. The minimum atomic E-state index is -3.55. The van der Waals surface area contributed by atoms with Crippen LogP contribution in [0.2, 0.25) is 0 Å². The number of nitrogens with zero attached hydrogens (tertiary/aromatic N) is 1. The van der Waals surface area contributed by atoms with E-state index in [1.165, 1.54) is 9.87 Å². The second-order valence-corrected chi connectivity index (χ2v) is 11.1. The number of anilines is 2. The maximum Gasteiger partial charge on any atom is 0.243 e. The highest BCUT2D eigenvalue weighted by Gasteiger charge is 2.32. The number of aryl methyl sites for hydroxylation is 2. The second-order valence-electron chi connectivity index (χ2n) is 9.17. The summed E-state index contributed by atoms with van der Waals surface area (Å²) >= 11 is 0. The molecule has 7 nitrogen and oxygen atoms in total. The van der Waals surface area contributed by atoms with Crippen LogP contribution in [-0.2, 0) is 32.5 Å². The summed E-state index contributed by atoms with van der Waals surface area (Å²) in [4.78, 5) is 24.9. The van der Waals surface area contributed by atoms with E-state index in [2.05, 4.69) is 10.6 Å². The highest BCUT2D eigenvalue weighted by atomic mass is 32.2. The van der Waals surface area contributed by atoms with Gasteiger partial charge in [0.2, 0.25) is 21.8 Å². The molecule has 0 atom stereocenters. The molecule has 0 spiro atoms. The molecule has 0 saturated carbocycles. The smallest absolute Gasteiger partial charge is 0.243 e. The van der Waals surface area contributed by atoms with E-state index in [1.807, 2.05) is 26.0 Å². The van der Waals surface area contributed by atoms with Crippen LogP contribution in [0.5, 0.6) is 0 Å². The fourth-order valence-corrected chi connectivity index (χ4v) is 5.90. The van der Waals surface area contributed by atoms with Crippen molar-refractivity contribution >= 4 is 33.2 Å². The van der Waals surface area contributed by atoms with Crippen molar-refractivity contribution in [1.29, 1.82) is 0 Å². The van der Waals surface area contributed by atoms with Gasteiger partial charge in [0.15, 0.2) is 0 Å². The van der Waals surface area contributed by atoms with Crippen molar-refractivity contribution in [3.05, 3.63) is 53.6 Å². The molecule has 0 unspecified atom stereocenters. The lowest BCUT2D eigenvalue weighted by atomic mass is 9.97. The van der Waals surface area contributed by atoms with Crippen molar-refractivity contribution in [2.45, 2.75) is 50.8 Å². The van der Waals surface area contributed by atoms with Crippen molar-refractivity contribution in [2.75, 3.05) is 23.7 Å². The van der Waals surface area contributed by atoms with Crippen LogP contribution in [0.25, 0.3) is 0 Å². The number of amides is 2. The van der Waals surface area contributed by atoms with Gasteiger partial charge in [-0.25, -0.2) is 8.42 Å². The first-order valence-electron chi connectivity index (χ1n) is 11.6. The van der Waals surface area contributed by atoms with E-state index in [-0.39, 0.29) is 23.7 Å². The van der Waals surface area contributed by atoms with E-state index in [0.717, 1.165) is 24.8 Å². The number of hydrogen-bond acceptors (Lipinski definition) is 4. The molecule has 1 fully saturated rings. The van der Waals surface area contributed by atoms with E-state index in [9.17, 15) is 18.0 Å². The number of fused-ring (bicyclic) bond motifs is 1. The van der Waals surface area contributed by atoms with Crippen molar-refractivity contribution in [1.82, 2.24) is 4.31 Å².